The summed E-state index contributed by atoms with van der Waals surface area (Å²) in [5, 5.41) is 16.4. The molecule has 6 heteroatoms. The van der Waals surface area contributed by atoms with Crippen LogP contribution in [-0.2, 0) is 9.59 Å². The minimum atomic E-state index is -0.573. The van der Waals surface area contributed by atoms with Crippen molar-refractivity contribution in [2.75, 3.05) is 12.4 Å². The molecule has 3 N–H and O–H groups in total. The standard InChI is InChI=1S/C26H28N2O4/c1-15-22(25(31)28-18-10-5-6-11-21(18)32-4)23(16-8-7-9-17(29)12-16)24-19(27-15)13-26(2,3)14-20(24)30/h5-12,23,27,29H,13-14H2,1-4H3,(H,28,31). The van der Waals surface area contributed by atoms with Crippen molar-refractivity contribution in [3.8, 4) is 11.5 Å². The predicted octanol–water partition coefficient (Wildman–Crippen LogP) is 4.64. The number of rotatable bonds is 4. The first-order valence-corrected chi connectivity index (χ1v) is 10.7. The van der Waals surface area contributed by atoms with Gasteiger partial charge in [0, 0.05) is 34.9 Å². The monoisotopic (exact) mass is 432 g/mol. The van der Waals surface area contributed by atoms with Crippen LogP contribution in [0.2, 0.25) is 0 Å². The smallest absolute Gasteiger partial charge is 0.254 e. The van der Waals surface area contributed by atoms with Crippen molar-refractivity contribution < 1.29 is 19.4 Å². The van der Waals surface area contributed by atoms with E-state index in [1.165, 1.54) is 0 Å². The summed E-state index contributed by atoms with van der Waals surface area (Å²) < 4.78 is 5.37. The third kappa shape index (κ3) is 4.00. The second-order valence-corrected chi connectivity index (χ2v) is 9.18. The Balaban J connectivity index is 1.82. The highest BCUT2D eigenvalue weighted by Gasteiger charge is 2.42. The lowest BCUT2D eigenvalue weighted by molar-refractivity contribution is -0.118. The summed E-state index contributed by atoms with van der Waals surface area (Å²) >= 11 is 0. The van der Waals surface area contributed by atoms with Crippen molar-refractivity contribution in [2.45, 2.75) is 39.5 Å². The third-order valence-electron chi connectivity index (χ3n) is 6.04. The average molecular weight is 433 g/mol. The molecule has 0 saturated carbocycles. The van der Waals surface area contributed by atoms with Gasteiger partial charge in [-0.3, -0.25) is 9.59 Å². The number of ketones is 1. The molecule has 0 radical (unpaired) electrons. The highest BCUT2D eigenvalue weighted by atomic mass is 16.5. The van der Waals surface area contributed by atoms with E-state index in [4.69, 9.17) is 4.74 Å². The molecule has 166 valence electrons. The van der Waals surface area contributed by atoms with Crippen LogP contribution < -0.4 is 15.4 Å². The first-order valence-electron chi connectivity index (χ1n) is 10.7. The van der Waals surface area contributed by atoms with Gasteiger partial charge in [-0.2, -0.15) is 0 Å². The van der Waals surface area contributed by atoms with E-state index < -0.39 is 5.92 Å². The molecule has 1 amide bonds. The van der Waals surface area contributed by atoms with Crippen molar-refractivity contribution >= 4 is 17.4 Å². The number of phenolic OH excluding ortho intramolecular Hbond substituents is 1. The van der Waals surface area contributed by atoms with Crippen LogP contribution in [0, 0.1) is 5.41 Å². The molecule has 2 aromatic rings. The molecule has 6 nitrogen and oxygen atoms in total. The first-order chi connectivity index (χ1) is 15.2. The lowest BCUT2D eigenvalue weighted by Crippen LogP contribution is -2.39. The topological polar surface area (TPSA) is 87.7 Å². The molecule has 32 heavy (non-hydrogen) atoms. The van der Waals surface area contributed by atoms with Gasteiger partial charge in [0.15, 0.2) is 5.78 Å². The zero-order valence-electron chi connectivity index (χ0n) is 18.8. The number of Topliss-reactive ketones (excluding diaryl/α,β-unsaturated/α-hetero) is 1. The summed E-state index contributed by atoms with van der Waals surface area (Å²) in [6.07, 6.45) is 1.12. The van der Waals surface area contributed by atoms with Crippen LogP contribution in [0.4, 0.5) is 5.69 Å². The number of para-hydroxylation sites is 2. The Labute approximate surface area is 188 Å². The van der Waals surface area contributed by atoms with Crippen LogP contribution in [0.3, 0.4) is 0 Å². The fourth-order valence-electron chi connectivity index (χ4n) is 4.71. The number of benzene rings is 2. The maximum atomic E-state index is 13.6. The third-order valence-corrected chi connectivity index (χ3v) is 6.04. The van der Waals surface area contributed by atoms with E-state index in [1.54, 1.807) is 37.4 Å². The van der Waals surface area contributed by atoms with Gasteiger partial charge in [0.25, 0.3) is 5.91 Å². The molecule has 1 atom stereocenters. The highest BCUT2D eigenvalue weighted by Crippen LogP contribution is 2.47. The lowest BCUT2D eigenvalue weighted by Gasteiger charge is -2.39. The molecular formula is C26H28N2O4. The second kappa shape index (κ2) is 8.19. The molecule has 0 spiro atoms. The number of dihydropyridines is 1. The number of aromatic hydroxyl groups is 1. The van der Waals surface area contributed by atoms with Crippen LogP contribution in [0.15, 0.2) is 71.1 Å². The number of hydrogen-bond acceptors (Lipinski definition) is 5. The van der Waals surface area contributed by atoms with Crippen LogP contribution in [0.5, 0.6) is 11.5 Å². The number of phenols is 1. The van der Waals surface area contributed by atoms with Crippen molar-refractivity contribution in [3.63, 3.8) is 0 Å². The van der Waals surface area contributed by atoms with Gasteiger partial charge in [0.05, 0.1) is 12.8 Å². The minimum Gasteiger partial charge on any atom is -0.508 e. The molecule has 0 fully saturated rings. The minimum absolute atomic E-state index is 0.0205. The van der Waals surface area contributed by atoms with Crippen molar-refractivity contribution in [1.82, 2.24) is 5.32 Å². The molecule has 4 rings (SSSR count). The summed E-state index contributed by atoms with van der Waals surface area (Å²) in [6.45, 7) is 5.99. The number of hydrogen-bond donors (Lipinski definition) is 3. The van der Waals surface area contributed by atoms with E-state index in [0.717, 1.165) is 5.70 Å². The molecule has 0 bridgehead atoms. The van der Waals surface area contributed by atoms with Gasteiger partial charge in [-0.1, -0.05) is 38.1 Å². The van der Waals surface area contributed by atoms with Crippen molar-refractivity contribution in [2.24, 2.45) is 5.41 Å². The van der Waals surface area contributed by atoms with Crippen molar-refractivity contribution in [1.29, 1.82) is 0 Å². The molecule has 1 aliphatic heterocycles. The van der Waals surface area contributed by atoms with Crippen LogP contribution in [-0.4, -0.2) is 23.9 Å². The number of methoxy groups -OCH3 is 1. The largest absolute Gasteiger partial charge is 0.508 e. The van der Waals surface area contributed by atoms with Crippen LogP contribution in [0.1, 0.15) is 45.1 Å². The molecule has 0 saturated heterocycles. The van der Waals surface area contributed by atoms with E-state index in [1.807, 2.05) is 25.1 Å². The molecule has 2 aliphatic rings. The second-order valence-electron chi connectivity index (χ2n) is 9.18. The molecule has 1 unspecified atom stereocenters. The fraction of sp³-hybridized carbons (Fsp3) is 0.308. The summed E-state index contributed by atoms with van der Waals surface area (Å²) in [6, 6.07) is 14.0. The van der Waals surface area contributed by atoms with Gasteiger partial charge in [0.1, 0.15) is 11.5 Å². The quantitative estimate of drug-likeness (QED) is 0.655. The average Bonchev–Trinajstić information content (AvgIpc) is 2.72. The Bertz CT molecular complexity index is 1160. The van der Waals surface area contributed by atoms with Gasteiger partial charge in [-0.25, -0.2) is 0 Å². The SMILES string of the molecule is COc1ccccc1NC(=O)C1=C(C)NC2=C(C(=O)CC(C)(C)C2)C1c1cccc(O)c1. The Morgan fingerprint density at radius 2 is 1.91 bits per heavy atom. The molecule has 1 heterocycles. The normalized spacial score (nSPS) is 19.9. The van der Waals surface area contributed by atoms with Gasteiger partial charge in [0.2, 0.25) is 0 Å². The zero-order chi connectivity index (χ0) is 23.0. The van der Waals surface area contributed by atoms with E-state index >= 15 is 0 Å². The molecule has 0 aromatic heterocycles. The number of anilines is 1. The number of nitrogens with one attached hydrogen (secondary N) is 2. The van der Waals surface area contributed by atoms with E-state index in [0.29, 0.717) is 46.7 Å². The Morgan fingerprint density at radius 1 is 1.16 bits per heavy atom. The van der Waals surface area contributed by atoms with E-state index in [-0.39, 0.29) is 22.9 Å². The van der Waals surface area contributed by atoms with Gasteiger partial charge < -0.3 is 20.5 Å². The molecular weight excluding hydrogens is 404 g/mol. The van der Waals surface area contributed by atoms with Crippen LogP contribution >= 0.6 is 0 Å². The molecule has 1 aliphatic carbocycles. The first kappa shape index (κ1) is 21.7. The molecule has 2 aromatic carbocycles. The number of ether oxygens (including phenoxy) is 1. The Hall–Kier alpha value is -3.54. The number of amides is 1. The maximum absolute atomic E-state index is 13.6. The highest BCUT2D eigenvalue weighted by molar-refractivity contribution is 6.10. The lowest BCUT2D eigenvalue weighted by atomic mass is 9.68. The maximum Gasteiger partial charge on any atom is 0.254 e. The Kier molecular flexibility index (Phi) is 5.55. The number of carbonyl (C=O) groups excluding carboxylic acids is 2. The number of allylic oxidation sites excluding steroid dienone is 3. The number of carbonyl (C=O) groups is 2. The summed E-state index contributed by atoms with van der Waals surface area (Å²) in [7, 11) is 1.55. The summed E-state index contributed by atoms with van der Waals surface area (Å²) in [5.41, 5.74) is 3.69. The van der Waals surface area contributed by atoms with Crippen LogP contribution in [0.25, 0.3) is 0 Å². The Morgan fingerprint density at radius 3 is 2.62 bits per heavy atom. The van der Waals surface area contributed by atoms with Crippen molar-refractivity contribution in [3.05, 3.63) is 76.6 Å². The van der Waals surface area contributed by atoms with E-state index in [9.17, 15) is 14.7 Å². The van der Waals surface area contributed by atoms with E-state index in [2.05, 4.69) is 24.5 Å². The van der Waals surface area contributed by atoms with Gasteiger partial charge >= 0.3 is 0 Å². The van der Waals surface area contributed by atoms with Gasteiger partial charge in [-0.05, 0) is 48.6 Å². The zero-order valence-corrected chi connectivity index (χ0v) is 18.8. The predicted molar refractivity (Wildman–Crippen MR) is 123 cm³/mol. The summed E-state index contributed by atoms with van der Waals surface area (Å²) in [4.78, 5) is 26.9. The van der Waals surface area contributed by atoms with Gasteiger partial charge in [-0.15, -0.1) is 0 Å². The summed E-state index contributed by atoms with van der Waals surface area (Å²) in [5.74, 6) is -0.234. The fourth-order valence-corrected chi connectivity index (χ4v) is 4.71.